The molecule has 0 aliphatic rings. The summed E-state index contributed by atoms with van der Waals surface area (Å²) in [4.78, 5) is 4.26. The predicted octanol–water partition coefficient (Wildman–Crippen LogP) is 1.99. The normalized spacial score (nSPS) is 9.73. The Bertz CT molecular complexity index is 243. The molecule has 0 unspecified atom stereocenters. The van der Waals surface area contributed by atoms with Gasteiger partial charge in [0.05, 0.1) is 0 Å². The Labute approximate surface area is 67.7 Å². The van der Waals surface area contributed by atoms with Gasteiger partial charge in [-0.15, -0.1) is 0 Å². The van der Waals surface area contributed by atoms with Gasteiger partial charge in [0.2, 0.25) is 0 Å². The van der Waals surface area contributed by atoms with Crippen LogP contribution < -0.4 is 5.32 Å². The van der Waals surface area contributed by atoms with E-state index in [1.54, 1.807) is 0 Å². The van der Waals surface area contributed by atoms with Gasteiger partial charge in [-0.2, -0.15) is 0 Å². The molecule has 0 spiro atoms. The van der Waals surface area contributed by atoms with Crippen LogP contribution >= 0.6 is 0 Å². The first kappa shape index (κ1) is 8.05. The van der Waals surface area contributed by atoms with Crippen LogP contribution in [0.15, 0.2) is 12.3 Å². The Balaban J connectivity index is 2.99. The highest BCUT2D eigenvalue weighted by molar-refractivity contribution is 5.43. The molecule has 0 aromatic carbocycles. The molecule has 60 valence electrons. The molecule has 0 radical (unpaired) electrons. The maximum atomic E-state index is 4.26. The van der Waals surface area contributed by atoms with Crippen LogP contribution in [0.2, 0.25) is 0 Å². The van der Waals surface area contributed by atoms with Crippen LogP contribution in [0.5, 0.6) is 0 Å². The van der Waals surface area contributed by atoms with Gasteiger partial charge in [0.1, 0.15) is 5.82 Å². The molecule has 1 heterocycles. The lowest BCUT2D eigenvalue weighted by Crippen LogP contribution is -1.96. The van der Waals surface area contributed by atoms with E-state index in [9.17, 15) is 0 Å². The Morgan fingerprint density at radius 3 is 2.73 bits per heavy atom. The molecule has 0 fully saturated rings. The minimum Gasteiger partial charge on any atom is -0.373 e. The number of rotatable bonds is 2. The smallest absolute Gasteiger partial charge is 0.128 e. The molecule has 11 heavy (non-hydrogen) atoms. The number of nitrogens with one attached hydrogen (secondary N) is 1. The lowest BCUT2D eigenvalue weighted by atomic mass is 10.2. The molecule has 0 amide bonds. The molecule has 2 heteroatoms. The number of hydrogen-bond donors (Lipinski definition) is 1. The van der Waals surface area contributed by atoms with Crippen molar-refractivity contribution < 1.29 is 0 Å². The molecule has 0 saturated carbocycles. The van der Waals surface area contributed by atoms with Crippen molar-refractivity contribution in [2.24, 2.45) is 0 Å². The van der Waals surface area contributed by atoms with E-state index in [1.807, 2.05) is 13.2 Å². The lowest BCUT2D eigenvalue weighted by molar-refractivity contribution is 1.09. The Morgan fingerprint density at radius 1 is 1.55 bits per heavy atom. The van der Waals surface area contributed by atoms with Crippen molar-refractivity contribution in [1.29, 1.82) is 0 Å². The summed E-state index contributed by atoms with van der Waals surface area (Å²) < 4.78 is 0. The van der Waals surface area contributed by atoms with Crippen molar-refractivity contribution >= 4 is 5.82 Å². The van der Waals surface area contributed by atoms with Gasteiger partial charge in [-0.25, -0.2) is 4.98 Å². The van der Waals surface area contributed by atoms with Gasteiger partial charge in [0.25, 0.3) is 0 Å². The molecular weight excluding hydrogens is 136 g/mol. The van der Waals surface area contributed by atoms with Gasteiger partial charge in [0.15, 0.2) is 0 Å². The van der Waals surface area contributed by atoms with E-state index < -0.39 is 0 Å². The summed E-state index contributed by atoms with van der Waals surface area (Å²) in [5.74, 6) is 0.974. The van der Waals surface area contributed by atoms with Crippen LogP contribution in [-0.4, -0.2) is 12.0 Å². The number of anilines is 1. The number of hydrogen-bond acceptors (Lipinski definition) is 2. The summed E-state index contributed by atoms with van der Waals surface area (Å²) in [7, 11) is 1.89. The molecule has 0 aliphatic heterocycles. The standard InChI is InChI=1S/C9H14N2/c1-4-8-5-7(2)9(10-3)11-6-8/h5-6H,4H2,1-3H3,(H,10,11). The van der Waals surface area contributed by atoms with Crippen molar-refractivity contribution in [1.82, 2.24) is 4.98 Å². The van der Waals surface area contributed by atoms with Crippen LogP contribution in [-0.2, 0) is 6.42 Å². The van der Waals surface area contributed by atoms with E-state index in [0.717, 1.165) is 12.2 Å². The summed E-state index contributed by atoms with van der Waals surface area (Å²) in [6.07, 6.45) is 2.97. The van der Waals surface area contributed by atoms with Crippen LogP contribution in [0.3, 0.4) is 0 Å². The number of nitrogens with zero attached hydrogens (tertiary/aromatic N) is 1. The van der Waals surface area contributed by atoms with E-state index in [-0.39, 0.29) is 0 Å². The summed E-state index contributed by atoms with van der Waals surface area (Å²) >= 11 is 0. The zero-order valence-corrected chi connectivity index (χ0v) is 7.31. The molecule has 0 saturated heterocycles. The van der Waals surface area contributed by atoms with Crippen molar-refractivity contribution in [2.75, 3.05) is 12.4 Å². The minimum absolute atomic E-state index is 0.974. The van der Waals surface area contributed by atoms with E-state index in [0.29, 0.717) is 0 Å². The Morgan fingerprint density at radius 2 is 2.27 bits per heavy atom. The van der Waals surface area contributed by atoms with Crippen LogP contribution in [0.25, 0.3) is 0 Å². The fraction of sp³-hybridized carbons (Fsp3) is 0.444. The van der Waals surface area contributed by atoms with E-state index >= 15 is 0 Å². The monoisotopic (exact) mass is 150 g/mol. The fourth-order valence-corrected chi connectivity index (χ4v) is 1.09. The largest absolute Gasteiger partial charge is 0.373 e. The molecular formula is C9H14N2. The van der Waals surface area contributed by atoms with Gasteiger partial charge in [0, 0.05) is 13.2 Å². The van der Waals surface area contributed by atoms with Gasteiger partial charge in [-0.1, -0.05) is 13.0 Å². The first-order valence-electron chi connectivity index (χ1n) is 3.91. The molecule has 1 N–H and O–H groups in total. The second kappa shape index (κ2) is 3.37. The number of aryl methyl sites for hydroxylation is 2. The number of aromatic nitrogens is 1. The highest BCUT2D eigenvalue weighted by Crippen LogP contribution is 2.11. The van der Waals surface area contributed by atoms with E-state index in [2.05, 4.69) is 30.2 Å². The average molecular weight is 150 g/mol. The van der Waals surface area contributed by atoms with Gasteiger partial charge < -0.3 is 5.32 Å². The zero-order chi connectivity index (χ0) is 8.27. The molecule has 2 nitrogen and oxygen atoms in total. The van der Waals surface area contributed by atoms with E-state index in [1.165, 1.54) is 11.1 Å². The van der Waals surface area contributed by atoms with Crippen LogP contribution in [0.4, 0.5) is 5.82 Å². The summed E-state index contributed by atoms with van der Waals surface area (Å²) in [5, 5.41) is 3.04. The van der Waals surface area contributed by atoms with E-state index in [4.69, 9.17) is 0 Å². The molecule has 1 aromatic rings. The van der Waals surface area contributed by atoms with Crippen LogP contribution in [0.1, 0.15) is 18.1 Å². The highest BCUT2D eigenvalue weighted by atomic mass is 15.0. The lowest BCUT2D eigenvalue weighted by Gasteiger charge is -2.04. The van der Waals surface area contributed by atoms with Gasteiger partial charge in [-0.3, -0.25) is 0 Å². The summed E-state index contributed by atoms with van der Waals surface area (Å²) in [6.45, 7) is 4.20. The molecule has 0 aliphatic carbocycles. The predicted molar refractivity (Wildman–Crippen MR) is 47.9 cm³/mol. The average Bonchev–Trinajstić information content (AvgIpc) is 2.04. The van der Waals surface area contributed by atoms with Crippen LogP contribution in [0, 0.1) is 6.92 Å². The quantitative estimate of drug-likeness (QED) is 0.697. The second-order valence-electron chi connectivity index (χ2n) is 2.61. The molecule has 0 bridgehead atoms. The zero-order valence-electron chi connectivity index (χ0n) is 7.31. The fourth-order valence-electron chi connectivity index (χ4n) is 1.09. The second-order valence-corrected chi connectivity index (χ2v) is 2.61. The third-order valence-electron chi connectivity index (χ3n) is 1.78. The van der Waals surface area contributed by atoms with Crippen molar-refractivity contribution in [3.63, 3.8) is 0 Å². The van der Waals surface area contributed by atoms with Gasteiger partial charge >= 0.3 is 0 Å². The van der Waals surface area contributed by atoms with Crippen molar-refractivity contribution in [3.8, 4) is 0 Å². The molecule has 1 rings (SSSR count). The topological polar surface area (TPSA) is 24.9 Å². The maximum Gasteiger partial charge on any atom is 0.128 e. The first-order chi connectivity index (χ1) is 5.27. The van der Waals surface area contributed by atoms with Gasteiger partial charge in [-0.05, 0) is 24.5 Å². The Kier molecular flexibility index (Phi) is 2.47. The molecule has 0 atom stereocenters. The third kappa shape index (κ3) is 1.70. The summed E-state index contributed by atoms with van der Waals surface area (Å²) in [5.41, 5.74) is 2.51. The third-order valence-corrected chi connectivity index (χ3v) is 1.78. The van der Waals surface area contributed by atoms with Crippen molar-refractivity contribution in [3.05, 3.63) is 23.4 Å². The maximum absolute atomic E-state index is 4.26. The highest BCUT2D eigenvalue weighted by Gasteiger charge is 1.96. The SMILES string of the molecule is CCc1cnc(NC)c(C)c1. The first-order valence-corrected chi connectivity index (χ1v) is 3.91. The van der Waals surface area contributed by atoms with Crippen molar-refractivity contribution in [2.45, 2.75) is 20.3 Å². The minimum atomic E-state index is 0.974. The Hall–Kier alpha value is -1.05. The summed E-state index contributed by atoms with van der Waals surface area (Å²) in [6, 6.07) is 2.17. The number of pyridine rings is 1. The molecule has 1 aromatic heterocycles.